The summed E-state index contributed by atoms with van der Waals surface area (Å²) in [6.45, 7) is 2.24. The zero-order valence-electron chi connectivity index (χ0n) is 10.6. The third kappa shape index (κ3) is 2.70. The van der Waals surface area contributed by atoms with Crippen LogP contribution in [0.5, 0.6) is 0 Å². The van der Waals surface area contributed by atoms with Crippen molar-refractivity contribution in [3.63, 3.8) is 0 Å². The van der Waals surface area contributed by atoms with Crippen LogP contribution in [-0.2, 0) is 11.3 Å². The molecule has 3 rings (SSSR count). The van der Waals surface area contributed by atoms with E-state index in [0.29, 0.717) is 16.9 Å². The molecule has 5 heteroatoms. The number of rotatable bonds is 5. The fraction of sp³-hybridized carbons (Fsp3) is 0.429. The number of benzene rings is 1. The fourth-order valence-corrected chi connectivity index (χ4v) is 2.43. The molecule has 0 aliphatic heterocycles. The highest BCUT2D eigenvalue weighted by molar-refractivity contribution is 7.71. The Morgan fingerprint density at radius 2 is 2.32 bits per heavy atom. The van der Waals surface area contributed by atoms with Gasteiger partial charge >= 0.3 is 0 Å². The highest BCUT2D eigenvalue weighted by atomic mass is 32.1. The molecule has 0 radical (unpaired) electrons. The second-order valence-electron chi connectivity index (χ2n) is 4.94. The first kappa shape index (κ1) is 12.4. The molecular weight excluding hydrogens is 258 g/mol. The van der Waals surface area contributed by atoms with Crippen molar-refractivity contribution >= 4 is 23.3 Å². The van der Waals surface area contributed by atoms with Gasteiger partial charge in [0.1, 0.15) is 0 Å². The number of nitrogens with zero attached hydrogens (tertiary/aromatic N) is 2. The second kappa shape index (κ2) is 5.16. The van der Waals surface area contributed by atoms with Gasteiger partial charge in [-0.2, -0.15) is 5.26 Å². The summed E-state index contributed by atoms with van der Waals surface area (Å²) in [6, 6.07) is 7.70. The fourth-order valence-electron chi connectivity index (χ4n) is 2.13. The number of fused-ring (bicyclic) bond motifs is 1. The molecule has 1 aromatic heterocycles. The maximum atomic E-state index is 8.96. The Bertz CT molecular complexity index is 691. The van der Waals surface area contributed by atoms with Crippen LogP contribution in [0.1, 0.15) is 18.4 Å². The Labute approximate surface area is 116 Å². The van der Waals surface area contributed by atoms with Gasteiger partial charge in [-0.1, -0.05) is 0 Å². The van der Waals surface area contributed by atoms with Crippen LogP contribution in [0.25, 0.3) is 11.0 Å². The van der Waals surface area contributed by atoms with Gasteiger partial charge in [0, 0.05) is 13.2 Å². The number of imidazole rings is 1. The monoisotopic (exact) mass is 273 g/mol. The predicted octanol–water partition coefficient (Wildman–Crippen LogP) is 3.00. The number of nitrogens with one attached hydrogen (secondary N) is 1. The molecule has 1 heterocycles. The number of hydrogen-bond acceptors (Lipinski definition) is 3. The van der Waals surface area contributed by atoms with E-state index in [0.717, 1.165) is 30.1 Å². The lowest BCUT2D eigenvalue weighted by Gasteiger charge is -2.05. The highest BCUT2D eigenvalue weighted by Gasteiger charge is 2.20. The third-order valence-electron chi connectivity index (χ3n) is 3.41. The van der Waals surface area contributed by atoms with Crippen LogP contribution < -0.4 is 0 Å². The van der Waals surface area contributed by atoms with Crippen molar-refractivity contribution in [1.29, 1.82) is 5.26 Å². The normalized spacial score (nSPS) is 14.7. The van der Waals surface area contributed by atoms with Crippen LogP contribution in [0.15, 0.2) is 18.2 Å². The highest BCUT2D eigenvalue weighted by Crippen LogP contribution is 2.28. The summed E-state index contributed by atoms with van der Waals surface area (Å²) < 4.78 is 8.32. The Kier molecular flexibility index (Phi) is 3.36. The van der Waals surface area contributed by atoms with Crippen molar-refractivity contribution in [1.82, 2.24) is 9.55 Å². The zero-order valence-corrected chi connectivity index (χ0v) is 11.4. The average Bonchev–Trinajstić information content (AvgIpc) is 3.18. The molecular formula is C14H15N3OS. The predicted molar refractivity (Wildman–Crippen MR) is 75.4 cm³/mol. The number of hydrogen-bond donors (Lipinski definition) is 1. The largest absolute Gasteiger partial charge is 0.379 e. The van der Waals surface area contributed by atoms with Crippen molar-refractivity contribution in [2.24, 2.45) is 5.92 Å². The molecule has 98 valence electrons. The number of aromatic nitrogens is 2. The van der Waals surface area contributed by atoms with E-state index in [1.165, 1.54) is 12.8 Å². The number of H-pyrrole nitrogens is 1. The Morgan fingerprint density at radius 1 is 1.47 bits per heavy atom. The van der Waals surface area contributed by atoms with Gasteiger partial charge in [-0.25, -0.2) is 0 Å². The first-order valence-corrected chi connectivity index (χ1v) is 6.89. The molecule has 1 aliphatic rings. The lowest BCUT2D eigenvalue weighted by molar-refractivity contribution is 0.117. The molecule has 0 unspecified atom stereocenters. The lowest BCUT2D eigenvalue weighted by atomic mass is 10.2. The summed E-state index contributed by atoms with van der Waals surface area (Å²) in [4.78, 5) is 3.15. The zero-order chi connectivity index (χ0) is 13.2. The average molecular weight is 273 g/mol. The van der Waals surface area contributed by atoms with E-state index in [2.05, 4.69) is 11.1 Å². The Balaban J connectivity index is 1.78. The first-order chi connectivity index (χ1) is 9.28. The minimum absolute atomic E-state index is 0.647. The van der Waals surface area contributed by atoms with Gasteiger partial charge in [0.2, 0.25) is 0 Å². The van der Waals surface area contributed by atoms with Crippen LogP contribution >= 0.6 is 12.2 Å². The number of ether oxygens (including phenoxy) is 1. The quantitative estimate of drug-likeness (QED) is 0.673. The number of aromatic amines is 1. The van der Waals surface area contributed by atoms with Gasteiger partial charge in [0.05, 0.1) is 29.3 Å². The van der Waals surface area contributed by atoms with E-state index >= 15 is 0 Å². The van der Waals surface area contributed by atoms with Gasteiger partial charge in [0.15, 0.2) is 4.77 Å². The van der Waals surface area contributed by atoms with E-state index in [1.807, 2.05) is 16.7 Å². The number of nitriles is 1. The molecule has 0 atom stereocenters. The minimum atomic E-state index is 0.647. The van der Waals surface area contributed by atoms with Gasteiger partial charge in [-0.15, -0.1) is 0 Å². The second-order valence-corrected chi connectivity index (χ2v) is 5.33. The smallest absolute Gasteiger partial charge is 0.178 e. The first-order valence-electron chi connectivity index (χ1n) is 6.48. The molecule has 1 N–H and O–H groups in total. The van der Waals surface area contributed by atoms with Crippen molar-refractivity contribution in [3.05, 3.63) is 28.5 Å². The van der Waals surface area contributed by atoms with Gasteiger partial charge < -0.3 is 14.3 Å². The molecule has 19 heavy (non-hydrogen) atoms. The summed E-state index contributed by atoms with van der Waals surface area (Å²) in [5.74, 6) is 0.779. The topological polar surface area (TPSA) is 53.7 Å². The third-order valence-corrected chi connectivity index (χ3v) is 3.74. The van der Waals surface area contributed by atoms with Crippen LogP contribution in [0.2, 0.25) is 0 Å². The standard InChI is InChI=1S/C14H15N3OS/c15-8-11-3-4-12-13(7-11)17(14(19)16-12)5-6-18-9-10-1-2-10/h3-4,7,10H,1-2,5-6,9H2,(H,16,19). The van der Waals surface area contributed by atoms with Crippen molar-refractivity contribution in [3.8, 4) is 6.07 Å². The van der Waals surface area contributed by atoms with E-state index < -0.39 is 0 Å². The van der Waals surface area contributed by atoms with Crippen molar-refractivity contribution in [2.45, 2.75) is 19.4 Å². The van der Waals surface area contributed by atoms with E-state index in [-0.39, 0.29) is 0 Å². The minimum Gasteiger partial charge on any atom is -0.379 e. The molecule has 1 saturated carbocycles. The molecule has 1 aromatic carbocycles. The van der Waals surface area contributed by atoms with Crippen molar-refractivity contribution < 1.29 is 4.74 Å². The van der Waals surface area contributed by atoms with E-state index in [4.69, 9.17) is 22.2 Å². The van der Waals surface area contributed by atoms with E-state index in [1.54, 1.807) is 6.07 Å². The molecule has 0 bridgehead atoms. The lowest BCUT2D eigenvalue weighted by Crippen LogP contribution is -2.07. The molecule has 2 aromatic rings. The summed E-state index contributed by atoms with van der Waals surface area (Å²) in [7, 11) is 0. The SMILES string of the molecule is N#Cc1ccc2[nH]c(=S)n(CCOCC3CC3)c2c1. The van der Waals surface area contributed by atoms with E-state index in [9.17, 15) is 0 Å². The van der Waals surface area contributed by atoms with Gasteiger partial charge in [-0.05, 0) is 49.2 Å². The summed E-state index contributed by atoms with van der Waals surface area (Å²) >= 11 is 5.31. The van der Waals surface area contributed by atoms with Crippen LogP contribution in [-0.4, -0.2) is 22.8 Å². The molecule has 1 aliphatic carbocycles. The summed E-state index contributed by atoms with van der Waals surface area (Å²) in [5.41, 5.74) is 2.58. The molecule has 0 saturated heterocycles. The Morgan fingerprint density at radius 3 is 3.05 bits per heavy atom. The summed E-state index contributed by atoms with van der Waals surface area (Å²) in [5, 5.41) is 8.96. The Hall–Kier alpha value is -1.64. The van der Waals surface area contributed by atoms with Crippen LogP contribution in [0.4, 0.5) is 0 Å². The molecule has 0 amide bonds. The summed E-state index contributed by atoms with van der Waals surface area (Å²) in [6.07, 6.45) is 2.61. The van der Waals surface area contributed by atoms with Gasteiger partial charge in [-0.3, -0.25) is 0 Å². The van der Waals surface area contributed by atoms with Crippen molar-refractivity contribution in [2.75, 3.05) is 13.2 Å². The maximum absolute atomic E-state index is 8.96. The maximum Gasteiger partial charge on any atom is 0.178 e. The molecule has 1 fully saturated rings. The van der Waals surface area contributed by atoms with Gasteiger partial charge in [0.25, 0.3) is 0 Å². The van der Waals surface area contributed by atoms with Crippen LogP contribution in [0.3, 0.4) is 0 Å². The van der Waals surface area contributed by atoms with Crippen LogP contribution in [0, 0.1) is 22.0 Å². The molecule has 4 nitrogen and oxygen atoms in total. The molecule has 0 spiro atoms.